The van der Waals surface area contributed by atoms with E-state index >= 15 is 0 Å². The van der Waals surface area contributed by atoms with Gasteiger partial charge in [-0.05, 0) is 61.1 Å². The summed E-state index contributed by atoms with van der Waals surface area (Å²) in [4.78, 5) is 3.48. The van der Waals surface area contributed by atoms with Crippen molar-refractivity contribution in [1.82, 2.24) is 4.90 Å². The smallest absolute Gasteiger partial charge is 0.173 e. The molecule has 0 spiro atoms. The summed E-state index contributed by atoms with van der Waals surface area (Å²) < 4.78 is 5.79. The van der Waals surface area contributed by atoms with Crippen molar-refractivity contribution in [3.8, 4) is 0 Å². The van der Waals surface area contributed by atoms with Crippen molar-refractivity contribution < 1.29 is 4.74 Å². The lowest BCUT2D eigenvalue weighted by molar-refractivity contribution is 0.0907. The fourth-order valence-corrected chi connectivity index (χ4v) is 3.87. The van der Waals surface area contributed by atoms with Crippen LogP contribution in [0.5, 0.6) is 0 Å². The Labute approximate surface area is 157 Å². The molecule has 1 aromatic carbocycles. The van der Waals surface area contributed by atoms with Gasteiger partial charge in [0.1, 0.15) is 0 Å². The summed E-state index contributed by atoms with van der Waals surface area (Å²) in [6, 6.07) is 10.1. The van der Waals surface area contributed by atoms with Crippen molar-refractivity contribution >= 4 is 46.0 Å². The molecule has 0 saturated carbocycles. The maximum Gasteiger partial charge on any atom is 0.173 e. The van der Waals surface area contributed by atoms with Crippen molar-refractivity contribution in [2.45, 2.75) is 32.4 Å². The van der Waals surface area contributed by atoms with E-state index < -0.39 is 0 Å². The first-order valence-electron chi connectivity index (χ1n) is 8.08. The van der Waals surface area contributed by atoms with Crippen molar-refractivity contribution in [3.63, 3.8) is 0 Å². The van der Waals surface area contributed by atoms with Crippen molar-refractivity contribution in [2.75, 3.05) is 18.5 Å². The lowest BCUT2D eigenvalue weighted by Crippen LogP contribution is -2.39. The van der Waals surface area contributed by atoms with Gasteiger partial charge in [0.25, 0.3) is 0 Å². The van der Waals surface area contributed by atoms with E-state index in [0.29, 0.717) is 5.11 Å². The number of hydrogen-bond donors (Lipinski definition) is 1. The normalized spacial score (nSPS) is 17.0. The molecule has 1 N–H and O–H groups in total. The summed E-state index contributed by atoms with van der Waals surface area (Å²) in [5.41, 5.74) is 1.97. The third-order valence-corrected chi connectivity index (χ3v) is 5.71. The number of benzene rings is 1. The first-order chi connectivity index (χ1) is 11.6. The maximum atomic E-state index is 6.21. The van der Waals surface area contributed by atoms with E-state index in [1.54, 1.807) is 11.3 Å². The number of thiophene rings is 1. The van der Waals surface area contributed by atoms with Crippen LogP contribution in [0.3, 0.4) is 0 Å². The molecule has 3 nitrogen and oxygen atoms in total. The summed E-state index contributed by atoms with van der Waals surface area (Å²) >= 11 is 13.6. The van der Waals surface area contributed by atoms with E-state index in [1.165, 1.54) is 4.88 Å². The molecule has 1 aliphatic heterocycles. The maximum absolute atomic E-state index is 6.21. The van der Waals surface area contributed by atoms with Gasteiger partial charge in [0.15, 0.2) is 5.11 Å². The molecular formula is C18H21ClN2OS2. The minimum absolute atomic E-state index is 0.256. The van der Waals surface area contributed by atoms with Gasteiger partial charge in [-0.15, -0.1) is 11.3 Å². The Kier molecular flexibility index (Phi) is 6.11. The van der Waals surface area contributed by atoms with E-state index in [-0.39, 0.29) is 6.10 Å². The number of ether oxygens (including phenoxy) is 1. The Bertz CT molecular complexity index is 684. The molecule has 3 rings (SSSR count). The number of aryl methyl sites for hydroxylation is 1. The van der Waals surface area contributed by atoms with Gasteiger partial charge in [-0.1, -0.05) is 23.7 Å². The minimum Gasteiger partial charge on any atom is -0.376 e. The van der Waals surface area contributed by atoms with Crippen LogP contribution < -0.4 is 5.32 Å². The zero-order valence-corrected chi connectivity index (χ0v) is 16.0. The van der Waals surface area contributed by atoms with Gasteiger partial charge in [-0.2, -0.15) is 0 Å². The van der Waals surface area contributed by atoms with Crippen LogP contribution in [0.4, 0.5) is 5.69 Å². The molecule has 0 aliphatic carbocycles. The highest BCUT2D eigenvalue weighted by Gasteiger charge is 2.21. The Balaban J connectivity index is 1.70. The molecule has 1 fully saturated rings. The Morgan fingerprint density at radius 2 is 2.33 bits per heavy atom. The van der Waals surface area contributed by atoms with Crippen LogP contribution in [0.25, 0.3) is 0 Å². The molecule has 1 atom stereocenters. The predicted molar refractivity (Wildman–Crippen MR) is 106 cm³/mol. The molecule has 0 amide bonds. The third-order valence-electron chi connectivity index (χ3n) is 4.09. The number of nitrogens with zero attached hydrogens (tertiary/aromatic N) is 1. The minimum atomic E-state index is 0.256. The van der Waals surface area contributed by atoms with E-state index in [4.69, 9.17) is 28.6 Å². The summed E-state index contributed by atoms with van der Waals surface area (Å²) in [6.45, 7) is 4.45. The standard InChI is InChI=1S/C18H21ClN2OS2/c1-13-6-7-14(10-17(13)19)20-18(23)21(11-15-4-2-8-22-15)12-16-5-3-9-24-16/h3,5-7,9-10,15H,2,4,8,11-12H2,1H3,(H,20,23)/t15-/m0/s1. The largest absolute Gasteiger partial charge is 0.376 e. The van der Waals surface area contributed by atoms with Crippen molar-refractivity contribution in [3.05, 3.63) is 51.2 Å². The van der Waals surface area contributed by atoms with Gasteiger partial charge in [0.05, 0.1) is 12.6 Å². The molecule has 2 heterocycles. The summed E-state index contributed by atoms with van der Waals surface area (Å²) in [6.07, 6.45) is 2.48. The first-order valence-corrected chi connectivity index (χ1v) is 9.74. The molecule has 1 aromatic heterocycles. The molecule has 6 heteroatoms. The van der Waals surface area contributed by atoms with Gasteiger partial charge in [0, 0.05) is 28.7 Å². The molecular weight excluding hydrogens is 360 g/mol. The van der Waals surface area contributed by atoms with Gasteiger partial charge < -0.3 is 15.0 Å². The number of hydrogen-bond acceptors (Lipinski definition) is 3. The van der Waals surface area contributed by atoms with Crippen LogP contribution in [-0.4, -0.2) is 29.3 Å². The van der Waals surface area contributed by atoms with Gasteiger partial charge in [0.2, 0.25) is 0 Å². The molecule has 2 aromatic rings. The van der Waals surface area contributed by atoms with Gasteiger partial charge >= 0.3 is 0 Å². The molecule has 128 valence electrons. The lowest BCUT2D eigenvalue weighted by atomic mass is 10.2. The zero-order valence-electron chi connectivity index (χ0n) is 13.6. The second-order valence-electron chi connectivity index (χ2n) is 5.99. The van der Waals surface area contributed by atoms with E-state index in [2.05, 4.69) is 27.7 Å². The highest BCUT2D eigenvalue weighted by Crippen LogP contribution is 2.22. The van der Waals surface area contributed by atoms with Crippen LogP contribution in [-0.2, 0) is 11.3 Å². The number of anilines is 1. The van der Waals surface area contributed by atoms with Crippen LogP contribution >= 0.6 is 35.2 Å². The van der Waals surface area contributed by atoms with E-state index in [0.717, 1.165) is 48.8 Å². The SMILES string of the molecule is Cc1ccc(NC(=S)N(Cc2cccs2)C[C@@H]2CCCO2)cc1Cl. The van der Waals surface area contributed by atoms with Gasteiger partial charge in [-0.3, -0.25) is 0 Å². The van der Waals surface area contributed by atoms with E-state index in [9.17, 15) is 0 Å². The molecule has 1 aliphatic rings. The molecule has 0 unspecified atom stereocenters. The number of rotatable bonds is 5. The quantitative estimate of drug-likeness (QED) is 0.730. The Morgan fingerprint density at radius 1 is 1.46 bits per heavy atom. The second-order valence-corrected chi connectivity index (χ2v) is 7.82. The zero-order chi connectivity index (χ0) is 16.9. The van der Waals surface area contributed by atoms with E-state index in [1.807, 2.05) is 25.1 Å². The topological polar surface area (TPSA) is 24.5 Å². The summed E-state index contributed by atoms with van der Waals surface area (Å²) in [7, 11) is 0. The summed E-state index contributed by atoms with van der Waals surface area (Å²) in [5.74, 6) is 0. The van der Waals surface area contributed by atoms with Crippen LogP contribution in [0, 0.1) is 6.92 Å². The molecule has 0 bridgehead atoms. The monoisotopic (exact) mass is 380 g/mol. The number of halogens is 1. The predicted octanol–water partition coefficient (Wildman–Crippen LogP) is 5.09. The fraction of sp³-hybridized carbons (Fsp3) is 0.389. The van der Waals surface area contributed by atoms with Crippen LogP contribution in [0.15, 0.2) is 35.7 Å². The lowest BCUT2D eigenvalue weighted by Gasteiger charge is -2.28. The molecule has 24 heavy (non-hydrogen) atoms. The van der Waals surface area contributed by atoms with Crippen molar-refractivity contribution in [2.24, 2.45) is 0 Å². The number of nitrogens with one attached hydrogen (secondary N) is 1. The second kappa shape index (κ2) is 8.30. The van der Waals surface area contributed by atoms with Gasteiger partial charge in [-0.25, -0.2) is 0 Å². The fourth-order valence-electron chi connectivity index (χ4n) is 2.72. The average Bonchev–Trinajstić information content (AvgIpc) is 3.24. The Hall–Kier alpha value is -1.14. The van der Waals surface area contributed by atoms with Crippen molar-refractivity contribution in [1.29, 1.82) is 0 Å². The highest BCUT2D eigenvalue weighted by atomic mass is 35.5. The number of thiocarbonyl (C=S) groups is 1. The molecule has 1 saturated heterocycles. The summed E-state index contributed by atoms with van der Waals surface area (Å²) in [5, 5.41) is 6.86. The third kappa shape index (κ3) is 4.70. The first kappa shape index (κ1) is 17.7. The average molecular weight is 381 g/mol. The molecule has 0 radical (unpaired) electrons. The highest BCUT2D eigenvalue weighted by molar-refractivity contribution is 7.80. The Morgan fingerprint density at radius 3 is 3.00 bits per heavy atom. The van der Waals surface area contributed by atoms with Crippen LogP contribution in [0.1, 0.15) is 23.3 Å². The van der Waals surface area contributed by atoms with Crippen LogP contribution in [0.2, 0.25) is 5.02 Å².